The van der Waals surface area contributed by atoms with Crippen LogP contribution >= 0.6 is 0 Å². The van der Waals surface area contributed by atoms with Gasteiger partial charge in [-0.2, -0.15) is 0 Å². The third-order valence-electron chi connectivity index (χ3n) is 4.54. The molecule has 0 aromatic heterocycles. The number of hydrogen-bond donors (Lipinski definition) is 2. The van der Waals surface area contributed by atoms with Crippen molar-refractivity contribution in [1.29, 1.82) is 0 Å². The molecule has 0 bridgehead atoms. The van der Waals surface area contributed by atoms with Gasteiger partial charge in [0.05, 0.1) is 12.6 Å². The Balaban J connectivity index is 2.43. The van der Waals surface area contributed by atoms with Crippen LogP contribution in [-0.2, 0) is 4.74 Å². The summed E-state index contributed by atoms with van der Waals surface area (Å²) in [5.41, 5.74) is 0.0909. The monoisotopic (exact) mass is 341 g/mol. The van der Waals surface area contributed by atoms with Gasteiger partial charge in [-0.05, 0) is 38.9 Å². The van der Waals surface area contributed by atoms with Crippen LogP contribution < -0.4 is 10.6 Å². The largest absolute Gasteiger partial charge is 0.379 e. The van der Waals surface area contributed by atoms with Crippen LogP contribution in [0.3, 0.4) is 0 Å². The summed E-state index contributed by atoms with van der Waals surface area (Å²) in [6.45, 7) is 16.9. The highest BCUT2D eigenvalue weighted by molar-refractivity contribution is 5.79. The lowest BCUT2D eigenvalue weighted by Gasteiger charge is -2.28. The molecule has 1 aliphatic rings. The van der Waals surface area contributed by atoms with Crippen molar-refractivity contribution in [3.05, 3.63) is 0 Å². The maximum Gasteiger partial charge on any atom is 0.191 e. The molecule has 1 saturated heterocycles. The van der Waals surface area contributed by atoms with E-state index in [1.807, 2.05) is 0 Å². The van der Waals surface area contributed by atoms with Crippen LogP contribution in [0.2, 0.25) is 0 Å². The van der Waals surface area contributed by atoms with Gasteiger partial charge in [0.15, 0.2) is 5.96 Å². The van der Waals surface area contributed by atoms with Gasteiger partial charge in [0.1, 0.15) is 0 Å². The molecular weight excluding hydrogens is 302 g/mol. The second kappa shape index (κ2) is 10.9. The van der Waals surface area contributed by atoms with E-state index in [1.165, 1.54) is 19.5 Å². The number of hydrogen-bond acceptors (Lipinski definition) is 4. The Bertz CT molecular complexity index is 367. The summed E-state index contributed by atoms with van der Waals surface area (Å²) in [6, 6.07) is 0. The van der Waals surface area contributed by atoms with Gasteiger partial charge >= 0.3 is 0 Å². The van der Waals surface area contributed by atoms with Gasteiger partial charge in [0.2, 0.25) is 0 Å². The Hall–Kier alpha value is -0.850. The van der Waals surface area contributed by atoms with Crippen LogP contribution in [0.5, 0.6) is 0 Å². The molecule has 6 nitrogen and oxygen atoms in total. The third-order valence-corrected chi connectivity index (χ3v) is 4.54. The zero-order chi connectivity index (χ0) is 18.0. The van der Waals surface area contributed by atoms with Crippen LogP contribution in [0.4, 0.5) is 0 Å². The predicted octanol–water partition coefficient (Wildman–Crippen LogP) is 1.24. The summed E-state index contributed by atoms with van der Waals surface area (Å²) in [5, 5.41) is 6.79. The molecule has 2 N–H and O–H groups in total. The molecule has 142 valence electrons. The molecule has 1 atom stereocenters. The second-order valence-corrected chi connectivity index (χ2v) is 7.74. The molecule has 0 amide bonds. The molecule has 1 unspecified atom stereocenters. The van der Waals surface area contributed by atoms with E-state index in [0.717, 1.165) is 38.7 Å². The van der Waals surface area contributed by atoms with Crippen molar-refractivity contribution in [2.45, 2.75) is 40.2 Å². The van der Waals surface area contributed by atoms with Crippen molar-refractivity contribution in [3.63, 3.8) is 0 Å². The summed E-state index contributed by atoms with van der Waals surface area (Å²) in [7, 11) is 3.97. The predicted molar refractivity (Wildman–Crippen MR) is 103 cm³/mol. The van der Waals surface area contributed by atoms with Crippen molar-refractivity contribution in [3.8, 4) is 0 Å². The van der Waals surface area contributed by atoms with E-state index in [-0.39, 0.29) is 11.5 Å². The van der Waals surface area contributed by atoms with Gasteiger partial charge in [-0.1, -0.05) is 20.8 Å². The van der Waals surface area contributed by atoms with Gasteiger partial charge in [-0.25, -0.2) is 0 Å². The minimum Gasteiger partial charge on any atom is -0.379 e. The molecule has 0 aromatic carbocycles. The summed E-state index contributed by atoms with van der Waals surface area (Å²) >= 11 is 0. The van der Waals surface area contributed by atoms with Gasteiger partial charge in [-0.15, -0.1) is 0 Å². The van der Waals surface area contributed by atoms with E-state index in [1.54, 1.807) is 7.11 Å². The third kappa shape index (κ3) is 8.31. The standard InChI is InChI=1S/C18H39N5O/c1-7-19-17(21-15-16(24-6)18(2,3)4)20-9-12-23-11-8-10-22(5)13-14-23/h16H,7-15H2,1-6H3,(H2,19,20,21). The first-order valence-electron chi connectivity index (χ1n) is 9.32. The molecule has 0 saturated carbocycles. The number of nitrogens with zero attached hydrogens (tertiary/aromatic N) is 3. The Morgan fingerprint density at radius 3 is 2.54 bits per heavy atom. The minimum absolute atomic E-state index is 0.0909. The first kappa shape index (κ1) is 21.2. The summed E-state index contributed by atoms with van der Waals surface area (Å²) in [5.74, 6) is 0.885. The number of nitrogens with one attached hydrogen (secondary N) is 2. The fourth-order valence-electron chi connectivity index (χ4n) is 2.87. The maximum atomic E-state index is 5.59. The van der Waals surface area contributed by atoms with Crippen molar-refractivity contribution >= 4 is 5.96 Å². The smallest absolute Gasteiger partial charge is 0.191 e. The molecule has 0 aromatic rings. The van der Waals surface area contributed by atoms with E-state index in [2.05, 4.69) is 55.2 Å². The Morgan fingerprint density at radius 1 is 1.17 bits per heavy atom. The molecule has 24 heavy (non-hydrogen) atoms. The lowest BCUT2D eigenvalue weighted by atomic mass is 9.89. The van der Waals surface area contributed by atoms with Crippen molar-refractivity contribution in [1.82, 2.24) is 20.4 Å². The van der Waals surface area contributed by atoms with E-state index in [4.69, 9.17) is 9.73 Å². The van der Waals surface area contributed by atoms with Crippen molar-refractivity contribution < 1.29 is 4.74 Å². The highest BCUT2D eigenvalue weighted by atomic mass is 16.5. The highest BCUT2D eigenvalue weighted by Crippen LogP contribution is 2.21. The molecular formula is C18H39N5O. The topological polar surface area (TPSA) is 52.1 Å². The summed E-state index contributed by atoms with van der Waals surface area (Å²) in [4.78, 5) is 9.65. The molecule has 1 heterocycles. The molecule has 1 fully saturated rings. The van der Waals surface area contributed by atoms with Crippen LogP contribution in [0.15, 0.2) is 4.99 Å². The maximum absolute atomic E-state index is 5.59. The molecule has 1 aliphatic heterocycles. The van der Waals surface area contributed by atoms with Crippen LogP contribution in [0.1, 0.15) is 34.1 Å². The zero-order valence-corrected chi connectivity index (χ0v) is 16.7. The minimum atomic E-state index is 0.0909. The number of guanidine groups is 1. The fraction of sp³-hybridized carbons (Fsp3) is 0.944. The number of rotatable bonds is 7. The first-order chi connectivity index (χ1) is 11.4. The average molecular weight is 342 g/mol. The van der Waals surface area contributed by atoms with Crippen LogP contribution in [-0.4, -0.2) is 88.4 Å². The summed E-state index contributed by atoms with van der Waals surface area (Å²) in [6.07, 6.45) is 1.38. The average Bonchev–Trinajstić information content (AvgIpc) is 2.71. The molecule has 0 spiro atoms. The SMILES string of the molecule is CCNC(=NCC(OC)C(C)(C)C)NCCN1CCCN(C)CC1. The molecule has 0 aliphatic carbocycles. The van der Waals surface area contributed by atoms with E-state index >= 15 is 0 Å². The Morgan fingerprint density at radius 2 is 1.92 bits per heavy atom. The quantitative estimate of drug-likeness (QED) is 0.539. The molecule has 6 heteroatoms. The normalized spacial score (nSPS) is 19.8. The van der Waals surface area contributed by atoms with Gasteiger partial charge < -0.3 is 25.2 Å². The number of aliphatic imine (C=N–C) groups is 1. The lowest BCUT2D eigenvalue weighted by molar-refractivity contribution is 0.0241. The van der Waals surface area contributed by atoms with E-state index < -0.39 is 0 Å². The van der Waals surface area contributed by atoms with Gasteiger partial charge in [0, 0.05) is 39.8 Å². The van der Waals surface area contributed by atoms with Crippen LogP contribution in [0, 0.1) is 5.41 Å². The Kier molecular flexibility index (Phi) is 9.63. The van der Waals surface area contributed by atoms with E-state index in [9.17, 15) is 0 Å². The zero-order valence-electron chi connectivity index (χ0n) is 16.7. The molecule has 1 rings (SSSR count). The number of ether oxygens (including phenoxy) is 1. The van der Waals surface area contributed by atoms with E-state index in [0.29, 0.717) is 6.54 Å². The highest BCUT2D eigenvalue weighted by Gasteiger charge is 2.24. The lowest BCUT2D eigenvalue weighted by Crippen LogP contribution is -2.43. The van der Waals surface area contributed by atoms with Crippen LogP contribution in [0.25, 0.3) is 0 Å². The second-order valence-electron chi connectivity index (χ2n) is 7.74. The van der Waals surface area contributed by atoms with Gasteiger partial charge in [0.25, 0.3) is 0 Å². The fourth-order valence-corrected chi connectivity index (χ4v) is 2.87. The first-order valence-corrected chi connectivity index (χ1v) is 9.32. The summed E-state index contributed by atoms with van der Waals surface area (Å²) < 4.78 is 5.59. The van der Waals surface area contributed by atoms with Crippen molar-refractivity contribution in [2.75, 3.05) is 66.5 Å². The van der Waals surface area contributed by atoms with Crippen molar-refractivity contribution in [2.24, 2.45) is 10.4 Å². The van der Waals surface area contributed by atoms with Gasteiger partial charge in [-0.3, -0.25) is 4.99 Å². The Labute approximate surface area is 149 Å². The molecule has 0 radical (unpaired) electrons. The number of methoxy groups -OCH3 is 1. The number of likely N-dealkylation sites (N-methyl/N-ethyl adjacent to an activating group) is 1.